The molecular formula is C20H28N3O3S2+. The number of aryl methyl sites for hydroxylation is 1. The maximum absolute atomic E-state index is 11.5. The molecule has 0 saturated carbocycles. The Kier molecular flexibility index (Phi) is 6.50. The summed E-state index contributed by atoms with van der Waals surface area (Å²) in [4.78, 5) is 25.5. The van der Waals surface area contributed by atoms with Crippen molar-refractivity contribution in [3.05, 3.63) is 16.3 Å². The topological polar surface area (TPSA) is 65.8 Å². The van der Waals surface area contributed by atoms with Gasteiger partial charge >= 0.3 is 5.97 Å². The minimum atomic E-state index is -0.169. The number of esters is 1. The van der Waals surface area contributed by atoms with E-state index in [4.69, 9.17) is 19.4 Å². The van der Waals surface area contributed by atoms with Gasteiger partial charge in [-0.15, -0.1) is 23.1 Å². The number of hydrogen-bond donors (Lipinski definition) is 1. The van der Waals surface area contributed by atoms with Crippen LogP contribution in [0, 0.1) is 5.92 Å². The number of nitrogens with one attached hydrogen (secondary N) is 1. The van der Waals surface area contributed by atoms with E-state index >= 15 is 0 Å². The molecule has 28 heavy (non-hydrogen) atoms. The number of nitrogens with zero attached hydrogens (tertiary/aromatic N) is 2. The first-order valence-electron chi connectivity index (χ1n) is 10.1. The maximum atomic E-state index is 11.5. The molecule has 152 valence electrons. The Bertz CT molecular complexity index is 849. The van der Waals surface area contributed by atoms with Crippen molar-refractivity contribution in [3.63, 3.8) is 0 Å². The Balaban J connectivity index is 1.64. The molecule has 8 heteroatoms. The summed E-state index contributed by atoms with van der Waals surface area (Å²) in [5, 5.41) is 2.28. The van der Waals surface area contributed by atoms with E-state index in [0.717, 1.165) is 67.3 Å². The van der Waals surface area contributed by atoms with E-state index < -0.39 is 0 Å². The summed E-state index contributed by atoms with van der Waals surface area (Å²) < 4.78 is 10.3. The number of fused-ring (bicyclic) bond motifs is 3. The molecule has 1 atom stereocenters. The van der Waals surface area contributed by atoms with Gasteiger partial charge in [-0.25, -0.2) is 9.97 Å². The highest BCUT2D eigenvalue weighted by atomic mass is 32.2. The van der Waals surface area contributed by atoms with Gasteiger partial charge in [-0.2, -0.15) is 0 Å². The number of thiophene rings is 1. The van der Waals surface area contributed by atoms with Crippen molar-refractivity contribution < 1.29 is 19.2 Å². The highest BCUT2D eigenvalue weighted by Crippen LogP contribution is 2.41. The maximum Gasteiger partial charge on any atom is 0.306 e. The molecule has 1 fully saturated rings. The highest BCUT2D eigenvalue weighted by molar-refractivity contribution is 7.99. The van der Waals surface area contributed by atoms with Crippen LogP contribution in [-0.2, 0) is 33.7 Å². The van der Waals surface area contributed by atoms with E-state index in [2.05, 4.69) is 6.92 Å². The molecule has 1 N–H and O–H groups in total. The second-order valence-corrected chi connectivity index (χ2v) is 9.86. The molecule has 0 radical (unpaired) electrons. The molecule has 1 aliphatic carbocycles. The Morgan fingerprint density at radius 3 is 2.96 bits per heavy atom. The molecular weight excluding hydrogens is 394 g/mol. The van der Waals surface area contributed by atoms with E-state index in [9.17, 15) is 4.79 Å². The van der Waals surface area contributed by atoms with Crippen molar-refractivity contribution in [2.75, 3.05) is 39.2 Å². The van der Waals surface area contributed by atoms with Gasteiger partial charge in [-0.3, -0.25) is 4.79 Å². The Hall–Kier alpha value is -1.22. The van der Waals surface area contributed by atoms with Gasteiger partial charge in [0.1, 0.15) is 29.5 Å². The van der Waals surface area contributed by atoms with Crippen LogP contribution >= 0.6 is 23.1 Å². The third-order valence-electron chi connectivity index (χ3n) is 5.55. The first-order valence-corrected chi connectivity index (χ1v) is 11.9. The van der Waals surface area contributed by atoms with E-state index in [1.165, 1.54) is 34.3 Å². The van der Waals surface area contributed by atoms with Crippen molar-refractivity contribution in [2.24, 2.45) is 5.92 Å². The summed E-state index contributed by atoms with van der Waals surface area (Å²) in [6, 6.07) is 0. The van der Waals surface area contributed by atoms with E-state index in [0.29, 0.717) is 12.2 Å². The molecule has 4 rings (SSSR count). The lowest BCUT2D eigenvalue weighted by Crippen LogP contribution is -3.12. The highest BCUT2D eigenvalue weighted by Gasteiger charge is 2.25. The minimum Gasteiger partial charge on any atom is -0.469 e. The number of carbonyl (C=O) groups excluding carboxylic acids is 1. The van der Waals surface area contributed by atoms with Crippen molar-refractivity contribution in [1.82, 2.24) is 9.97 Å². The van der Waals surface area contributed by atoms with Gasteiger partial charge in [0.15, 0.2) is 5.82 Å². The molecule has 6 nitrogen and oxygen atoms in total. The average molecular weight is 423 g/mol. The summed E-state index contributed by atoms with van der Waals surface area (Å²) in [6.45, 7) is 6.80. The smallest absolute Gasteiger partial charge is 0.306 e. The quantitative estimate of drug-likeness (QED) is 0.436. The Morgan fingerprint density at radius 1 is 1.36 bits per heavy atom. The molecule has 0 bridgehead atoms. The minimum absolute atomic E-state index is 0.169. The first-order chi connectivity index (χ1) is 13.6. The zero-order valence-corrected chi connectivity index (χ0v) is 18.2. The van der Waals surface area contributed by atoms with Gasteiger partial charge in [0.2, 0.25) is 0 Å². The third-order valence-corrected chi connectivity index (χ3v) is 7.67. The number of thioether (sulfide) groups is 1. The third kappa shape index (κ3) is 4.50. The van der Waals surface area contributed by atoms with Crippen LogP contribution in [0.5, 0.6) is 0 Å². The van der Waals surface area contributed by atoms with Crippen LogP contribution in [0.1, 0.15) is 36.0 Å². The zero-order valence-electron chi connectivity index (χ0n) is 16.6. The fourth-order valence-corrected chi connectivity index (χ4v) is 6.39. The fraction of sp³-hybridized carbons (Fsp3) is 0.650. The Labute approximate surface area is 174 Å². The van der Waals surface area contributed by atoms with Gasteiger partial charge in [-0.05, 0) is 30.7 Å². The van der Waals surface area contributed by atoms with E-state index in [-0.39, 0.29) is 5.97 Å². The van der Waals surface area contributed by atoms with E-state index in [1.54, 1.807) is 11.8 Å². The number of morpholine rings is 1. The number of rotatable bonds is 6. The Morgan fingerprint density at radius 2 is 2.18 bits per heavy atom. The van der Waals surface area contributed by atoms with E-state index in [1.807, 2.05) is 11.3 Å². The predicted octanol–water partition coefficient (Wildman–Crippen LogP) is 1.89. The SMILES string of the molecule is COC(=O)CCSc1nc(C[NH+]2CCOCC2)nc2sc3c(c12)CC[C@@H](C)C3. The van der Waals surface area contributed by atoms with Crippen LogP contribution in [0.4, 0.5) is 0 Å². The molecule has 0 unspecified atom stereocenters. The number of ether oxygens (including phenoxy) is 2. The van der Waals surface area contributed by atoms with Crippen molar-refractivity contribution in [1.29, 1.82) is 0 Å². The summed E-state index contributed by atoms with van der Waals surface area (Å²) in [7, 11) is 1.44. The van der Waals surface area contributed by atoms with Crippen LogP contribution in [-0.4, -0.2) is 55.1 Å². The second kappa shape index (κ2) is 9.07. The first kappa shape index (κ1) is 20.1. The van der Waals surface area contributed by atoms with Gasteiger partial charge < -0.3 is 14.4 Å². The fourth-order valence-electron chi connectivity index (χ4n) is 3.93. The second-order valence-electron chi connectivity index (χ2n) is 7.69. The number of quaternary nitrogens is 1. The van der Waals surface area contributed by atoms with Crippen LogP contribution in [0.25, 0.3) is 10.2 Å². The van der Waals surface area contributed by atoms with Gasteiger partial charge in [-0.1, -0.05) is 6.92 Å². The molecule has 0 amide bonds. The number of hydrogen-bond acceptors (Lipinski definition) is 7. The summed E-state index contributed by atoms with van der Waals surface area (Å²) in [6.07, 6.45) is 3.88. The molecule has 1 saturated heterocycles. The van der Waals surface area contributed by atoms with Crippen LogP contribution in [0.3, 0.4) is 0 Å². The largest absolute Gasteiger partial charge is 0.469 e. The van der Waals surface area contributed by atoms with Crippen LogP contribution < -0.4 is 4.90 Å². The lowest BCUT2D eigenvalue weighted by molar-refractivity contribution is -0.922. The van der Waals surface area contributed by atoms with Crippen molar-refractivity contribution in [3.8, 4) is 0 Å². The zero-order chi connectivity index (χ0) is 19.5. The normalized spacial score (nSPS) is 20.3. The van der Waals surface area contributed by atoms with Crippen LogP contribution in [0.2, 0.25) is 0 Å². The van der Waals surface area contributed by atoms with Gasteiger partial charge in [0, 0.05) is 16.0 Å². The van der Waals surface area contributed by atoms with Crippen molar-refractivity contribution in [2.45, 2.75) is 44.2 Å². The standard InChI is InChI=1S/C20H27N3O3S2/c1-13-3-4-14-15(11-13)28-20-18(14)19(27-10-5-17(24)25-2)21-16(22-20)12-23-6-8-26-9-7-23/h13H,3-12H2,1-2H3/p+1/t13-/m1/s1. The monoisotopic (exact) mass is 422 g/mol. The number of methoxy groups -OCH3 is 1. The molecule has 1 aliphatic heterocycles. The molecule has 0 spiro atoms. The molecule has 2 aromatic rings. The van der Waals surface area contributed by atoms with Crippen LogP contribution in [0.15, 0.2) is 5.03 Å². The molecule has 2 aromatic heterocycles. The lowest BCUT2D eigenvalue weighted by atomic mass is 9.89. The molecule has 3 heterocycles. The summed E-state index contributed by atoms with van der Waals surface area (Å²) >= 11 is 3.52. The summed E-state index contributed by atoms with van der Waals surface area (Å²) in [5.74, 6) is 2.17. The number of aromatic nitrogens is 2. The lowest BCUT2D eigenvalue weighted by Gasteiger charge is -2.23. The number of carbonyl (C=O) groups is 1. The van der Waals surface area contributed by atoms with Gasteiger partial charge in [0.05, 0.1) is 26.7 Å². The molecule has 0 aromatic carbocycles. The molecule has 2 aliphatic rings. The average Bonchev–Trinajstić information content (AvgIpc) is 3.05. The summed E-state index contributed by atoms with van der Waals surface area (Å²) in [5.41, 5.74) is 1.45. The predicted molar refractivity (Wildman–Crippen MR) is 111 cm³/mol. The van der Waals surface area contributed by atoms with Crippen molar-refractivity contribution >= 4 is 39.3 Å². The van der Waals surface area contributed by atoms with Gasteiger partial charge in [0.25, 0.3) is 0 Å².